The van der Waals surface area contributed by atoms with Crippen LogP contribution < -0.4 is 10.6 Å². The number of benzene rings is 3. The number of hydrogen-bond donors (Lipinski definition) is 0. The monoisotopic (exact) mass is 360 g/mol. The van der Waals surface area contributed by atoms with E-state index in [1.807, 2.05) is 36.4 Å². The largest absolute Gasteiger partial charge is 0.416 e. The first-order valence-electron chi connectivity index (χ1n) is 7.76. The molecule has 0 unspecified atom stereocenters. The standard InChI is InChI=1S/C20H16F3OP/c21-20(22,23)17-13-11-16(12-14-17)15-25(24,18-7-3-1-4-8-18)19-9-5-2-6-10-19/h1-14H,15H2. The molecule has 0 aliphatic carbocycles. The van der Waals surface area contributed by atoms with E-state index in [2.05, 4.69) is 0 Å². The van der Waals surface area contributed by atoms with Gasteiger partial charge in [0.25, 0.3) is 0 Å². The Hall–Kier alpha value is -2.32. The van der Waals surface area contributed by atoms with Gasteiger partial charge in [0, 0.05) is 16.8 Å². The van der Waals surface area contributed by atoms with Crippen molar-refractivity contribution >= 4 is 17.8 Å². The highest BCUT2D eigenvalue weighted by Crippen LogP contribution is 2.47. The van der Waals surface area contributed by atoms with Gasteiger partial charge in [-0.05, 0) is 17.7 Å². The summed E-state index contributed by atoms with van der Waals surface area (Å²) in [5.74, 6) is 0. The second-order valence-electron chi connectivity index (χ2n) is 5.76. The van der Waals surface area contributed by atoms with E-state index in [0.29, 0.717) is 16.2 Å². The van der Waals surface area contributed by atoms with Gasteiger partial charge in [0.2, 0.25) is 0 Å². The van der Waals surface area contributed by atoms with Gasteiger partial charge in [-0.25, -0.2) is 0 Å². The minimum absolute atomic E-state index is 0.180. The Kier molecular flexibility index (Phi) is 4.82. The van der Waals surface area contributed by atoms with Gasteiger partial charge in [-0.1, -0.05) is 72.8 Å². The van der Waals surface area contributed by atoms with E-state index in [1.54, 1.807) is 24.3 Å². The quantitative estimate of drug-likeness (QED) is 0.583. The minimum Gasteiger partial charge on any atom is -0.313 e. The maximum Gasteiger partial charge on any atom is 0.416 e. The summed E-state index contributed by atoms with van der Waals surface area (Å²) in [6.45, 7) is 0. The first-order chi connectivity index (χ1) is 11.9. The van der Waals surface area contributed by atoms with E-state index in [-0.39, 0.29) is 6.16 Å². The van der Waals surface area contributed by atoms with E-state index in [4.69, 9.17) is 0 Å². The van der Waals surface area contributed by atoms with Crippen LogP contribution in [-0.4, -0.2) is 0 Å². The van der Waals surface area contributed by atoms with Crippen LogP contribution in [0, 0.1) is 0 Å². The molecule has 0 heterocycles. The van der Waals surface area contributed by atoms with Gasteiger partial charge in [-0.2, -0.15) is 13.2 Å². The Bertz CT molecular complexity index is 829. The molecule has 3 rings (SSSR count). The van der Waals surface area contributed by atoms with Gasteiger partial charge in [0.05, 0.1) is 5.56 Å². The summed E-state index contributed by atoms with van der Waals surface area (Å²) >= 11 is 0. The predicted molar refractivity (Wildman–Crippen MR) is 94.9 cm³/mol. The zero-order chi connectivity index (χ0) is 17.9. The van der Waals surface area contributed by atoms with Crippen LogP contribution >= 0.6 is 7.14 Å². The minimum atomic E-state index is -4.37. The topological polar surface area (TPSA) is 17.1 Å². The molecule has 0 bridgehead atoms. The van der Waals surface area contributed by atoms with Gasteiger partial charge >= 0.3 is 6.18 Å². The third-order valence-electron chi connectivity index (χ3n) is 4.03. The summed E-state index contributed by atoms with van der Waals surface area (Å²) in [7, 11) is -2.98. The van der Waals surface area contributed by atoms with Crippen molar-refractivity contribution in [3.63, 3.8) is 0 Å². The van der Waals surface area contributed by atoms with E-state index in [0.717, 1.165) is 12.1 Å². The van der Waals surface area contributed by atoms with Crippen LogP contribution in [-0.2, 0) is 16.9 Å². The molecule has 0 amide bonds. The molecule has 3 aromatic rings. The lowest BCUT2D eigenvalue weighted by Crippen LogP contribution is -2.17. The summed E-state index contributed by atoms with van der Waals surface area (Å²) < 4.78 is 52.0. The lowest BCUT2D eigenvalue weighted by Gasteiger charge is -2.20. The molecule has 0 radical (unpaired) electrons. The molecule has 3 aromatic carbocycles. The maximum atomic E-state index is 13.8. The second kappa shape index (κ2) is 6.89. The van der Waals surface area contributed by atoms with Gasteiger partial charge in [-0.15, -0.1) is 0 Å². The van der Waals surface area contributed by atoms with Gasteiger partial charge < -0.3 is 4.57 Å². The molecular formula is C20H16F3OP. The highest BCUT2D eigenvalue weighted by atomic mass is 31.2. The van der Waals surface area contributed by atoms with Crippen molar-refractivity contribution in [1.82, 2.24) is 0 Å². The van der Waals surface area contributed by atoms with Crippen molar-refractivity contribution in [3.8, 4) is 0 Å². The average molecular weight is 360 g/mol. The molecule has 0 fully saturated rings. The maximum absolute atomic E-state index is 13.8. The molecule has 0 aromatic heterocycles. The van der Waals surface area contributed by atoms with Crippen molar-refractivity contribution < 1.29 is 17.7 Å². The van der Waals surface area contributed by atoms with Crippen LogP contribution in [0.1, 0.15) is 11.1 Å². The molecular weight excluding hydrogens is 344 g/mol. The molecule has 128 valence electrons. The SMILES string of the molecule is O=P(Cc1ccc(C(F)(F)F)cc1)(c1ccccc1)c1ccccc1. The Morgan fingerprint density at radius 2 is 1.12 bits per heavy atom. The molecule has 0 aliphatic heterocycles. The second-order valence-corrected chi connectivity index (χ2v) is 8.59. The van der Waals surface area contributed by atoms with Crippen molar-refractivity contribution in [2.24, 2.45) is 0 Å². The fraction of sp³-hybridized carbons (Fsp3) is 0.100. The molecule has 0 aliphatic rings. The molecule has 25 heavy (non-hydrogen) atoms. The molecule has 0 atom stereocenters. The predicted octanol–water partition coefficient (Wildman–Crippen LogP) is 5.22. The molecule has 5 heteroatoms. The lowest BCUT2D eigenvalue weighted by molar-refractivity contribution is -0.137. The highest BCUT2D eigenvalue weighted by molar-refractivity contribution is 7.78. The Balaban J connectivity index is 2.01. The third kappa shape index (κ3) is 3.85. The summed E-state index contributed by atoms with van der Waals surface area (Å²) in [6.07, 6.45) is -4.19. The van der Waals surface area contributed by atoms with Gasteiger partial charge in [0.1, 0.15) is 7.14 Å². The Morgan fingerprint density at radius 3 is 1.52 bits per heavy atom. The Morgan fingerprint density at radius 1 is 0.680 bits per heavy atom. The van der Waals surface area contributed by atoms with Crippen LogP contribution in [0.2, 0.25) is 0 Å². The fourth-order valence-corrected chi connectivity index (χ4v) is 5.42. The van der Waals surface area contributed by atoms with Crippen LogP contribution in [0.15, 0.2) is 84.9 Å². The van der Waals surface area contributed by atoms with Gasteiger partial charge in [0.15, 0.2) is 0 Å². The number of halogens is 3. The van der Waals surface area contributed by atoms with Crippen LogP contribution in [0.25, 0.3) is 0 Å². The molecule has 0 N–H and O–H groups in total. The lowest BCUT2D eigenvalue weighted by atomic mass is 10.1. The summed E-state index contributed by atoms with van der Waals surface area (Å²) in [6, 6.07) is 23.1. The van der Waals surface area contributed by atoms with Crippen LogP contribution in [0.5, 0.6) is 0 Å². The average Bonchev–Trinajstić information content (AvgIpc) is 2.63. The summed E-state index contributed by atoms with van der Waals surface area (Å²) in [5, 5.41) is 1.39. The number of rotatable bonds is 4. The van der Waals surface area contributed by atoms with Gasteiger partial charge in [-0.3, -0.25) is 0 Å². The highest BCUT2D eigenvalue weighted by Gasteiger charge is 2.31. The molecule has 0 spiro atoms. The van der Waals surface area contributed by atoms with E-state index < -0.39 is 18.9 Å². The van der Waals surface area contributed by atoms with E-state index in [1.165, 1.54) is 12.1 Å². The van der Waals surface area contributed by atoms with Crippen molar-refractivity contribution in [2.45, 2.75) is 12.3 Å². The van der Waals surface area contributed by atoms with Crippen LogP contribution in [0.3, 0.4) is 0 Å². The fourth-order valence-electron chi connectivity index (χ4n) is 2.73. The number of alkyl halides is 3. The smallest absolute Gasteiger partial charge is 0.313 e. The van der Waals surface area contributed by atoms with Crippen LogP contribution in [0.4, 0.5) is 13.2 Å². The third-order valence-corrected chi connectivity index (χ3v) is 7.11. The normalized spacial score (nSPS) is 12.1. The summed E-state index contributed by atoms with van der Waals surface area (Å²) in [4.78, 5) is 0. The summed E-state index contributed by atoms with van der Waals surface area (Å²) in [5.41, 5.74) is -0.0884. The van der Waals surface area contributed by atoms with Crippen molar-refractivity contribution in [1.29, 1.82) is 0 Å². The molecule has 0 saturated heterocycles. The first kappa shape index (κ1) is 17.5. The van der Waals surface area contributed by atoms with E-state index >= 15 is 0 Å². The molecule has 0 saturated carbocycles. The number of hydrogen-bond acceptors (Lipinski definition) is 1. The Labute approximate surface area is 144 Å². The van der Waals surface area contributed by atoms with Crippen molar-refractivity contribution in [3.05, 3.63) is 96.1 Å². The van der Waals surface area contributed by atoms with Crippen molar-refractivity contribution in [2.75, 3.05) is 0 Å². The molecule has 1 nitrogen and oxygen atoms in total. The van der Waals surface area contributed by atoms with E-state index in [9.17, 15) is 17.7 Å². The first-order valence-corrected chi connectivity index (χ1v) is 9.65. The zero-order valence-corrected chi connectivity index (χ0v) is 14.2. The zero-order valence-electron chi connectivity index (χ0n) is 13.3.